The van der Waals surface area contributed by atoms with E-state index in [0.717, 1.165) is 29.4 Å². The highest BCUT2D eigenvalue weighted by Crippen LogP contribution is 2.47. The maximum atomic E-state index is 13.8. The Bertz CT molecular complexity index is 1750. The number of nitrogens with one attached hydrogen (secondary N) is 2. The predicted octanol–water partition coefficient (Wildman–Crippen LogP) is 5.67. The molecule has 0 radical (unpaired) electrons. The number of likely N-dealkylation sites (tertiary alicyclic amines) is 2. The van der Waals surface area contributed by atoms with Crippen molar-refractivity contribution in [3.8, 4) is 11.5 Å². The maximum Gasteiger partial charge on any atom is 0.227 e. The third-order valence-corrected chi connectivity index (χ3v) is 9.82. The van der Waals surface area contributed by atoms with E-state index in [1.54, 1.807) is 14.2 Å². The fraction of sp³-hybridized carbons (Fsp3) is 0.333. The largest absolute Gasteiger partial charge is 0.493 e. The van der Waals surface area contributed by atoms with Crippen molar-refractivity contribution in [2.24, 2.45) is 5.92 Å². The second kappa shape index (κ2) is 11.4. The number of benzene rings is 3. The van der Waals surface area contributed by atoms with Crippen molar-refractivity contribution in [1.82, 2.24) is 19.8 Å². The summed E-state index contributed by atoms with van der Waals surface area (Å²) in [5, 5.41) is 2.45. The number of aromatic nitrogens is 2. The number of methoxy groups -OCH3 is 2. The molecule has 44 heavy (non-hydrogen) atoms. The van der Waals surface area contributed by atoms with Gasteiger partial charge in [-0.25, -0.2) is 0 Å². The average molecular weight is 591 g/mol. The van der Waals surface area contributed by atoms with Gasteiger partial charge in [0.2, 0.25) is 11.8 Å². The lowest BCUT2D eigenvalue weighted by Gasteiger charge is -2.43. The van der Waals surface area contributed by atoms with Crippen LogP contribution in [0.3, 0.4) is 0 Å². The number of hydrogen-bond donors (Lipinski definition) is 2. The average Bonchev–Trinajstić information content (AvgIpc) is 3.80. The second-order valence-corrected chi connectivity index (χ2v) is 12.1. The van der Waals surface area contributed by atoms with Gasteiger partial charge < -0.3 is 29.2 Å². The minimum absolute atomic E-state index is 0.0489. The highest BCUT2D eigenvalue weighted by atomic mass is 16.5. The van der Waals surface area contributed by atoms with Crippen LogP contribution in [0, 0.1) is 5.92 Å². The molecule has 8 nitrogen and oxygen atoms in total. The van der Waals surface area contributed by atoms with E-state index >= 15 is 0 Å². The van der Waals surface area contributed by atoms with Gasteiger partial charge in [-0.1, -0.05) is 42.5 Å². The minimum atomic E-state index is -0.304. The molecule has 1 atom stereocenters. The molecular formula is C36H38N4O4. The Hall–Kier alpha value is -4.72. The SMILES string of the molecule is COc1ccc(CCN2C[C@@H](C(=O)N3CCC(c4c[nH]c5ccccc45)(c4c[nH]c5ccccc45)CC3)CC2=O)cc1OC. The maximum absolute atomic E-state index is 13.8. The molecule has 4 heterocycles. The summed E-state index contributed by atoms with van der Waals surface area (Å²) in [6.45, 7) is 2.34. The van der Waals surface area contributed by atoms with Gasteiger partial charge >= 0.3 is 0 Å². The normalized spacial score (nSPS) is 18.3. The first-order chi connectivity index (χ1) is 21.5. The summed E-state index contributed by atoms with van der Waals surface area (Å²) >= 11 is 0. The molecule has 0 bridgehead atoms. The van der Waals surface area contributed by atoms with Crippen molar-refractivity contribution in [1.29, 1.82) is 0 Å². The lowest BCUT2D eigenvalue weighted by atomic mass is 9.67. The van der Waals surface area contributed by atoms with Gasteiger partial charge in [-0.15, -0.1) is 0 Å². The molecule has 2 aliphatic heterocycles. The summed E-state index contributed by atoms with van der Waals surface area (Å²) in [5.74, 6) is 1.19. The summed E-state index contributed by atoms with van der Waals surface area (Å²) < 4.78 is 10.8. The van der Waals surface area contributed by atoms with E-state index in [9.17, 15) is 9.59 Å². The molecule has 8 heteroatoms. The van der Waals surface area contributed by atoms with Crippen molar-refractivity contribution in [3.63, 3.8) is 0 Å². The van der Waals surface area contributed by atoms with Crippen molar-refractivity contribution in [3.05, 3.63) is 95.8 Å². The summed E-state index contributed by atoms with van der Waals surface area (Å²) in [4.78, 5) is 37.6. The van der Waals surface area contributed by atoms with E-state index in [-0.39, 0.29) is 29.6 Å². The minimum Gasteiger partial charge on any atom is -0.493 e. The molecular weight excluding hydrogens is 552 g/mol. The van der Waals surface area contributed by atoms with Gasteiger partial charge in [0, 0.05) is 72.2 Å². The molecule has 2 aromatic heterocycles. The lowest BCUT2D eigenvalue weighted by molar-refractivity contribution is -0.137. The Morgan fingerprint density at radius 2 is 1.48 bits per heavy atom. The molecule has 2 N–H and O–H groups in total. The van der Waals surface area contributed by atoms with Gasteiger partial charge in [0.25, 0.3) is 0 Å². The number of carbonyl (C=O) groups is 2. The number of piperidine rings is 1. The Labute approximate surface area is 256 Å². The number of ether oxygens (including phenoxy) is 2. The number of aromatic amines is 2. The Balaban J connectivity index is 1.07. The molecule has 226 valence electrons. The first kappa shape index (κ1) is 28.1. The predicted molar refractivity (Wildman–Crippen MR) is 171 cm³/mol. The van der Waals surface area contributed by atoms with E-state index in [2.05, 4.69) is 70.9 Å². The van der Waals surface area contributed by atoms with E-state index in [1.807, 2.05) is 28.0 Å². The molecule has 0 spiro atoms. The van der Waals surface area contributed by atoms with Crippen LogP contribution in [0.2, 0.25) is 0 Å². The van der Waals surface area contributed by atoms with Crippen molar-refractivity contribution in [2.45, 2.75) is 31.1 Å². The quantitative estimate of drug-likeness (QED) is 0.244. The van der Waals surface area contributed by atoms with Crippen LogP contribution in [0.1, 0.15) is 36.0 Å². The van der Waals surface area contributed by atoms with E-state index in [4.69, 9.17) is 9.47 Å². The molecule has 3 aromatic carbocycles. The summed E-state index contributed by atoms with van der Waals surface area (Å²) in [7, 11) is 3.23. The van der Waals surface area contributed by atoms with Crippen LogP contribution in [0.25, 0.3) is 21.8 Å². The van der Waals surface area contributed by atoms with Gasteiger partial charge in [0.1, 0.15) is 0 Å². The van der Waals surface area contributed by atoms with Gasteiger partial charge in [0.15, 0.2) is 11.5 Å². The monoisotopic (exact) mass is 590 g/mol. The molecule has 0 aliphatic carbocycles. The molecule has 2 amide bonds. The zero-order valence-electron chi connectivity index (χ0n) is 25.3. The Morgan fingerprint density at radius 3 is 2.09 bits per heavy atom. The highest BCUT2D eigenvalue weighted by Gasteiger charge is 2.44. The van der Waals surface area contributed by atoms with Gasteiger partial charge in [-0.3, -0.25) is 9.59 Å². The zero-order chi connectivity index (χ0) is 30.3. The Morgan fingerprint density at radius 1 is 0.864 bits per heavy atom. The molecule has 0 saturated carbocycles. The number of hydrogen-bond acceptors (Lipinski definition) is 4. The van der Waals surface area contributed by atoms with E-state index in [0.29, 0.717) is 44.1 Å². The highest BCUT2D eigenvalue weighted by molar-refractivity contribution is 5.91. The Kier molecular flexibility index (Phi) is 7.28. The van der Waals surface area contributed by atoms with Crippen molar-refractivity contribution in [2.75, 3.05) is 40.4 Å². The van der Waals surface area contributed by atoms with Crippen LogP contribution in [0.15, 0.2) is 79.1 Å². The summed E-state index contributed by atoms with van der Waals surface area (Å²) in [6, 6.07) is 22.7. The molecule has 5 aromatic rings. The fourth-order valence-corrected chi connectivity index (χ4v) is 7.44. The summed E-state index contributed by atoms with van der Waals surface area (Å²) in [5.41, 5.74) is 5.62. The number of carbonyl (C=O) groups excluding carboxylic acids is 2. The topological polar surface area (TPSA) is 90.7 Å². The van der Waals surface area contributed by atoms with Crippen LogP contribution in [-0.2, 0) is 21.4 Å². The third kappa shape index (κ3) is 4.78. The van der Waals surface area contributed by atoms with Crippen molar-refractivity contribution >= 4 is 33.6 Å². The number of fused-ring (bicyclic) bond motifs is 2. The van der Waals surface area contributed by atoms with Crippen molar-refractivity contribution < 1.29 is 19.1 Å². The number of amides is 2. The number of rotatable bonds is 8. The number of nitrogens with zero attached hydrogens (tertiary/aromatic N) is 2. The van der Waals surface area contributed by atoms with E-state index in [1.165, 1.54) is 21.9 Å². The molecule has 2 fully saturated rings. The van der Waals surface area contributed by atoms with Crippen LogP contribution in [0.4, 0.5) is 0 Å². The number of para-hydroxylation sites is 2. The smallest absolute Gasteiger partial charge is 0.227 e. The summed E-state index contributed by atoms with van der Waals surface area (Å²) in [6.07, 6.45) is 6.91. The fourth-order valence-electron chi connectivity index (χ4n) is 7.44. The second-order valence-electron chi connectivity index (χ2n) is 12.1. The van der Waals surface area contributed by atoms with Crippen LogP contribution >= 0.6 is 0 Å². The molecule has 0 unspecified atom stereocenters. The zero-order valence-corrected chi connectivity index (χ0v) is 25.3. The van der Waals surface area contributed by atoms with Gasteiger partial charge in [-0.05, 0) is 60.2 Å². The van der Waals surface area contributed by atoms with Gasteiger partial charge in [-0.2, -0.15) is 0 Å². The number of H-pyrrole nitrogens is 2. The van der Waals surface area contributed by atoms with Crippen LogP contribution < -0.4 is 9.47 Å². The third-order valence-electron chi connectivity index (χ3n) is 9.82. The van der Waals surface area contributed by atoms with Crippen LogP contribution in [0.5, 0.6) is 11.5 Å². The first-order valence-electron chi connectivity index (χ1n) is 15.4. The van der Waals surface area contributed by atoms with Gasteiger partial charge in [0.05, 0.1) is 20.1 Å². The molecule has 7 rings (SSSR count). The molecule has 2 aliphatic rings. The lowest BCUT2D eigenvalue weighted by Crippen LogP contribution is -2.47. The first-order valence-corrected chi connectivity index (χ1v) is 15.4. The standard InChI is InChI=1S/C36H38N4O4/c1-43-32-12-11-24(19-33(32)44-2)13-16-40-23-25(20-34(40)41)35(42)39-17-14-36(15-18-39,28-21-37-30-9-5-3-7-26(28)30)29-22-38-31-10-6-4-8-27(29)31/h3-12,19,21-22,25,37-38H,13-18,20,23H2,1-2H3/t25-/m0/s1. The van der Waals surface area contributed by atoms with Crippen LogP contribution in [-0.4, -0.2) is 72.0 Å². The van der Waals surface area contributed by atoms with E-state index < -0.39 is 0 Å². The molecule has 2 saturated heterocycles.